The van der Waals surface area contributed by atoms with Gasteiger partial charge in [0.1, 0.15) is 0 Å². The molecule has 0 bridgehead atoms. The molecule has 0 aliphatic heterocycles. The van der Waals surface area contributed by atoms with E-state index in [9.17, 15) is 8.42 Å². The van der Waals surface area contributed by atoms with E-state index < -0.39 is 9.84 Å². The van der Waals surface area contributed by atoms with Crippen molar-refractivity contribution in [2.45, 2.75) is 17.7 Å². The Balaban J connectivity index is 3.15. The molecule has 0 saturated heterocycles. The van der Waals surface area contributed by atoms with E-state index in [1.807, 2.05) is 0 Å². The Kier molecular flexibility index (Phi) is 4.31. The zero-order valence-electron chi connectivity index (χ0n) is 8.40. The van der Waals surface area contributed by atoms with Gasteiger partial charge in [-0.3, -0.25) is 0 Å². The molecule has 0 aliphatic carbocycles. The fraction of sp³-hybridized carbons (Fsp3) is 0.400. The highest BCUT2D eigenvalue weighted by atomic mass is 79.9. The molecule has 1 N–H and O–H groups in total. The minimum absolute atomic E-state index is 0.0687. The van der Waals surface area contributed by atoms with Crippen LogP contribution in [0.25, 0.3) is 0 Å². The molecular formula is C10H13BrO3S. The minimum atomic E-state index is -3.20. The van der Waals surface area contributed by atoms with Crippen LogP contribution in [0.15, 0.2) is 27.6 Å². The molecule has 0 heterocycles. The highest BCUT2D eigenvalue weighted by molar-refractivity contribution is 9.10. The lowest BCUT2D eigenvalue weighted by molar-refractivity contribution is 0.288. The number of aliphatic hydroxyl groups is 1. The molecule has 0 fully saturated rings. The van der Waals surface area contributed by atoms with Crippen LogP contribution in [0.1, 0.15) is 12.0 Å². The average Bonchev–Trinajstić information content (AvgIpc) is 2.14. The third-order valence-electron chi connectivity index (χ3n) is 2.03. The first kappa shape index (κ1) is 12.7. The Morgan fingerprint density at radius 2 is 2.07 bits per heavy atom. The summed E-state index contributed by atoms with van der Waals surface area (Å²) in [6, 6.07) is 5.18. The summed E-state index contributed by atoms with van der Waals surface area (Å²) in [4.78, 5) is 0.338. The second kappa shape index (κ2) is 5.09. The number of aryl methyl sites for hydroxylation is 1. The fourth-order valence-corrected chi connectivity index (χ4v) is 2.85. The molecule has 0 aromatic heterocycles. The third-order valence-corrected chi connectivity index (χ3v) is 3.71. The molecule has 0 unspecified atom stereocenters. The molecule has 15 heavy (non-hydrogen) atoms. The maximum Gasteiger partial charge on any atom is 0.175 e. The van der Waals surface area contributed by atoms with Gasteiger partial charge in [-0.05, 0) is 30.5 Å². The van der Waals surface area contributed by atoms with Crippen LogP contribution in [0.5, 0.6) is 0 Å². The summed E-state index contributed by atoms with van der Waals surface area (Å²) in [7, 11) is -3.20. The van der Waals surface area contributed by atoms with Crippen LogP contribution in [-0.2, 0) is 16.3 Å². The molecule has 0 radical (unpaired) electrons. The topological polar surface area (TPSA) is 54.4 Å². The molecule has 1 aromatic carbocycles. The second-order valence-electron chi connectivity index (χ2n) is 3.35. The first-order valence-electron chi connectivity index (χ1n) is 4.54. The zero-order valence-corrected chi connectivity index (χ0v) is 10.8. The number of aliphatic hydroxyl groups excluding tert-OH is 1. The molecular weight excluding hydrogens is 280 g/mol. The number of rotatable bonds is 4. The number of benzene rings is 1. The number of halogens is 1. The van der Waals surface area contributed by atoms with E-state index in [-0.39, 0.29) is 6.61 Å². The normalized spacial score (nSPS) is 11.7. The predicted octanol–water partition coefficient (Wildman–Crippen LogP) is 1.78. The van der Waals surface area contributed by atoms with Gasteiger partial charge in [0.05, 0.1) is 4.90 Å². The lowest BCUT2D eigenvalue weighted by Crippen LogP contribution is -2.03. The Hall–Kier alpha value is -0.390. The average molecular weight is 293 g/mol. The van der Waals surface area contributed by atoms with Crippen molar-refractivity contribution in [1.82, 2.24) is 0 Å². The SMILES string of the molecule is CS(=O)(=O)c1cc(Br)ccc1CCCO. The van der Waals surface area contributed by atoms with Gasteiger partial charge < -0.3 is 5.11 Å². The van der Waals surface area contributed by atoms with Crippen molar-refractivity contribution < 1.29 is 13.5 Å². The lowest BCUT2D eigenvalue weighted by Gasteiger charge is -2.07. The van der Waals surface area contributed by atoms with Crippen molar-refractivity contribution in [2.24, 2.45) is 0 Å². The van der Waals surface area contributed by atoms with E-state index in [0.29, 0.717) is 17.7 Å². The van der Waals surface area contributed by atoms with Gasteiger partial charge in [-0.25, -0.2) is 8.42 Å². The molecule has 3 nitrogen and oxygen atoms in total. The van der Waals surface area contributed by atoms with Crippen LogP contribution in [0, 0.1) is 0 Å². The van der Waals surface area contributed by atoms with Crippen molar-refractivity contribution in [1.29, 1.82) is 0 Å². The Morgan fingerprint density at radius 1 is 1.40 bits per heavy atom. The van der Waals surface area contributed by atoms with E-state index in [0.717, 1.165) is 10.0 Å². The fourth-order valence-electron chi connectivity index (χ4n) is 1.35. The number of hydrogen-bond acceptors (Lipinski definition) is 3. The molecule has 1 aromatic rings. The number of hydrogen-bond donors (Lipinski definition) is 1. The predicted molar refractivity (Wildman–Crippen MR) is 62.7 cm³/mol. The van der Waals surface area contributed by atoms with Gasteiger partial charge >= 0.3 is 0 Å². The standard InChI is InChI=1S/C10H13BrO3S/c1-15(13,14)10-7-9(11)5-4-8(10)3-2-6-12/h4-5,7,12H,2-3,6H2,1H3. The molecule has 5 heteroatoms. The van der Waals surface area contributed by atoms with Gasteiger partial charge in [0.15, 0.2) is 9.84 Å². The van der Waals surface area contributed by atoms with Gasteiger partial charge in [-0.15, -0.1) is 0 Å². The monoisotopic (exact) mass is 292 g/mol. The largest absolute Gasteiger partial charge is 0.396 e. The van der Waals surface area contributed by atoms with E-state index >= 15 is 0 Å². The van der Waals surface area contributed by atoms with Gasteiger partial charge in [0.25, 0.3) is 0 Å². The maximum atomic E-state index is 11.5. The third kappa shape index (κ3) is 3.59. The minimum Gasteiger partial charge on any atom is -0.396 e. The molecule has 1 rings (SSSR count). The second-order valence-corrected chi connectivity index (χ2v) is 6.25. The molecule has 0 aliphatic rings. The van der Waals surface area contributed by atoms with Crippen LogP contribution in [0.2, 0.25) is 0 Å². The van der Waals surface area contributed by atoms with Gasteiger partial charge in [0.2, 0.25) is 0 Å². The molecule has 0 atom stereocenters. The van der Waals surface area contributed by atoms with E-state index in [2.05, 4.69) is 15.9 Å². The van der Waals surface area contributed by atoms with Gasteiger partial charge in [-0.1, -0.05) is 22.0 Å². The first-order chi connectivity index (χ1) is 6.95. The Labute approximate surface area is 98.2 Å². The summed E-state index contributed by atoms with van der Waals surface area (Å²) >= 11 is 3.24. The van der Waals surface area contributed by atoms with Crippen molar-refractivity contribution in [2.75, 3.05) is 12.9 Å². The van der Waals surface area contributed by atoms with Crippen LogP contribution in [-0.4, -0.2) is 26.4 Å². The van der Waals surface area contributed by atoms with Crippen molar-refractivity contribution >= 4 is 25.8 Å². The molecule has 0 spiro atoms. The van der Waals surface area contributed by atoms with Crippen molar-refractivity contribution in [3.63, 3.8) is 0 Å². The lowest BCUT2D eigenvalue weighted by atomic mass is 10.1. The van der Waals surface area contributed by atoms with Crippen LogP contribution in [0.4, 0.5) is 0 Å². The molecule has 0 saturated carbocycles. The highest BCUT2D eigenvalue weighted by Crippen LogP contribution is 2.22. The van der Waals surface area contributed by atoms with Crippen LogP contribution < -0.4 is 0 Å². The molecule has 0 amide bonds. The Morgan fingerprint density at radius 3 is 2.60 bits per heavy atom. The zero-order chi connectivity index (χ0) is 11.5. The van der Waals surface area contributed by atoms with Crippen LogP contribution in [0.3, 0.4) is 0 Å². The quantitative estimate of drug-likeness (QED) is 0.920. The van der Waals surface area contributed by atoms with E-state index in [1.54, 1.807) is 18.2 Å². The summed E-state index contributed by atoms with van der Waals surface area (Å²) < 4.78 is 23.7. The van der Waals surface area contributed by atoms with E-state index in [4.69, 9.17) is 5.11 Å². The smallest absolute Gasteiger partial charge is 0.175 e. The number of sulfone groups is 1. The van der Waals surface area contributed by atoms with Gasteiger partial charge in [-0.2, -0.15) is 0 Å². The summed E-state index contributed by atoms with van der Waals surface area (Å²) in [5.74, 6) is 0. The summed E-state index contributed by atoms with van der Waals surface area (Å²) in [6.45, 7) is 0.0687. The van der Waals surface area contributed by atoms with Crippen molar-refractivity contribution in [3.8, 4) is 0 Å². The van der Waals surface area contributed by atoms with E-state index in [1.165, 1.54) is 6.26 Å². The summed E-state index contributed by atoms with van der Waals surface area (Å²) in [6.07, 6.45) is 2.34. The highest BCUT2D eigenvalue weighted by Gasteiger charge is 2.13. The Bertz CT molecular complexity index is 440. The summed E-state index contributed by atoms with van der Waals surface area (Å²) in [5, 5.41) is 8.72. The first-order valence-corrected chi connectivity index (χ1v) is 7.23. The van der Waals surface area contributed by atoms with Crippen molar-refractivity contribution in [3.05, 3.63) is 28.2 Å². The van der Waals surface area contributed by atoms with Crippen LogP contribution >= 0.6 is 15.9 Å². The van der Waals surface area contributed by atoms with Gasteiger partial charge in [0, 0.05) is 17.3 Å². The maximum absolute atomic E-state index is 11.5. The summed E-state index contributed by atoms with van der Waals surface area (Å²) in [5.41, 5.74) is 0.759. The molecule has 84 valence electrons.